The average molecular weight is 430 g/mol. The Bertz CT molecular complexity index is 1090. The summed E-state index contributed by atoms with van der Waals surface area (Å²) < 4.78 is 28.7. The number of thioether (sulfide) groups is 1. The third-order valence-corrected chi connectivity index (χ3v) is 8.03. The molecule has 5 nitrogen and oxygen atoms in total. The Balaban J connectivity index is 1.81. The van der Waals surface area contributed by atoms with Crippen LogP contribution < -0.4 is 0 Å². The van der Waals surface area contributed by atoms with Gasteiger partial charge < -0.3 is 4.90 Å². The number of nitrogens with zero attached hydrogens (tertiary/aromatic N) is 3. The summed E-state index contributed by atoms with van der Waals surface area (Å²) in [5.74, 6) is 0.989. The molecular formula is C22H27N3O2S2. The van der Waals surface area contributed by atoms with Crippen LogP contribution in [0.1, 0.15) is 12.6 Å². The van der Waals surface area contributed by atoms with Crippen molar-refractivity contribution in [3.05, 3.63) is 60.3 Å². The van der Waals surface area contributed by atoms with Gasteiger partial charge in [0.2, 0.25) is 0 Å². The number of hydrogen-bond donors (Lipinski definition) is 0. The van der Waals surface area contributed by atoms with E-state index in [-0.39, 0.29) is 0 Å². The topological polar surface area (TPSA) is 45.5 Å². The molecule has 1 aliphatic rings. The Morgan fingerprint density at radius 2 is 1.69 bits per heavy atom. The number of piperazine rings is 1. The summed E-state index contributed by atoms with van der Waals surface area (Å²) in [6.45, 7) is 6.65. The van der Waals surface area contributed by atoms with Gasteiger partial charge >= 0.3 is 0 Å². The molecule has 1 fully saturated rings. The van der Waals surface area contributed by atoms with Crippen molar-refractivity contribution in [1.29, 1.82) is 0 Å². The van der Waals surface area contributed by atoms with Crippen molar-refractivity contribution in [1.82, 2.24) is 13.8 Å². The van der Waals surface area contributed by atoms with E-state index in [0.29, 0.717) is 11.4 Å². The van der Waals surface area contributed by atoms with Gasteiger partial charge in [0.25, 0.3) is 10.0 Å². The van der Waals surface area contributed by atoms with E-state index < -0.39 is 10.0 Å². The van der Waals surface area contributed by atoms with E-state index in [1.165, 1.54) is 4.90 Å². The number of rotatable bonds is 6. The molecule has 0 saturated carbocycles. The van der Waals surface area contributed by atoms with Gasteiger partial charge in [0.05, 0.1) is 10.4 Å². The van der Waals surface area contributed by atoms with Crippen molar-refractivity contribution in [3.8, 4) is 0 Å². The maximum absolute atomic E-state index is 13.6. The molecule has 0 spiro atoms. The SMILES string of the molecule is CCSc1ccc2c(c1)cc(CN1CCN(C)CC1)n2S(=O)(=O)c1ccccc1. The van der Waals surface area contributed by atoms with E-state index in [4.69, 9.17) is 0 Å². The first-order valence-corrected chi connectivity index (χ1v) is 12.4. The standard InChI is InChI=1S/C22H27N3O2S2/c1-3-28-20-9-10-22-18(16-20)15-19(17-24-13-11-23(2)12-14-24)25(22)29(26,27)21-7-5-4-6-8-21/h4-10,15-16H,3,11-14,17H2,1-2H3. The number of aromatic nitrogens is 1. The highest BCUT2D eigenvalue weighted by molar-refractivity contribution is 7.99. The Kier molecular flexibility index (Phi) is 6.01. The first-order valence-electron chi connectivity index (χ1n) is 9.98. The van der Waals surface area contributed by atoms with Crippen LogP contribution in [-0.4, -0.2) is 61.2 Å². The number of fused-ring (bicyclic) bond motifs is 1. The van der Waals surface area contributed by atoms with E-state index >= 15 is 0 Å². The molecular weight excluding hydrogens is 402 g/mol. The van der Waals surface area contributed by atoms with Gasteiger partial charge in [-0.1, -0.05) is 25.1 Å². The normalized spacial score (nSPS) is 16.5. The predicted molar refractivity (Wildman–Crippen MR) is 120 cm³/mol. The van der Waals surface area contributed by atoms with Crippen molar-refractivity contribution in [2.75, 3.05) is 39.0 Å². The first kappa shape index (κ1) is 20.5. The zero-order valence-corrected chi connectivity index (χ0v) is 18.5. The Morgan fingerprint density at radius 1 is 0.966 bits per heavy atom. The van der Waals surface area contributed by atoms with Gasteiger partial charge in [-0.05, 0) is 49.2 Å². The second-order valence-electron chi connectivity index (χ2n) is 7.45. The van der Waals surface area contributed by atoms with Gasteiger partial charge in [0.15, 0.2) is 0 Å². The zero-order chi connectivity index (χ0) is 20.4. The Hall–Kier alpha value is -1.80. The molecule has 154 valence electrons. The molecule has 0 radical (unpaired) electrons. The van der Waals surface area contributed by atoms with Crippen LogP contribution in [0.15, 0.2) is 64.4 Å². The monoisotopic (exact) mass is 429 g/mol. The minimum absolute atomic E-state index is 0.323. The predicted octanol–water partition coefficient (Wildman–Crippen LogP) is 3.74. The minimum atomic E-state index is -3.67. The number of benzene rings is 2. The van der Waals surface area contributed by atoms with Crippen molar-refractivity contribution < 1.29 is 8.42 Å². The molecule has 0 bridgehead atoms. The van der Waals surface area contributed by atoms with Crippen molar-refractivity contribution in [2.24, 2.45) is 0 Å². The largest absolute Gasteiger partial charge is 0.304 e. The van der Waals surface area contributed by atoms with E-state index in [2.05, 4.69) is 29.8 Å². The third kappa shape index (κ3) is 4.23. The van der Waals surface area contributed by atoms with Crippen LogP contribution in [0.2, 0.25) is 0 Å². The van der Waals surface area contributed by atoms with Gasteiger partial charge in [0, 0.05) is 48.7 Å². The zero-order valence-electron chi connectivity index (χ0n) is 16.9. The second-order valence-corrected chi connectivity index (χ2v) is 10.6. The molecule has 0 amide bonds. The van der Waals surface area contributed by atoms with Crippen molar-refractivity contribution in [3.63, 3.8) is 0 Å². The van der Waals surface area contributed by atoms with Crippen LogP contribution in [0.3, 0.4) is 0 Å². The van der Waals surface area contributed by atoms with Crippen LogP contribution in [0.5, 0.6) is 0 Å². The second kappa shape index (κ2) is 8.52. The van der Waals surface area contributed by atoms with Gasteiger partial charge in [-0.25, -0.2) is 12.4 Å². The molecule has 7 heteroatoms. The molecule has 0 N–H and O–H groups in total. The van der Waals surface area contributed by atoms with Gasteiger partial charge in [-0.2, -0.15) is 0 Å². The minimum Gasteiger partial charge on any atom is -0.304 e. The molecule has 0 unspecified atom stereocenters. The van der Waals surface area contributed by atoms with E-state index in [9.17, 15) is 8.42 Å². The number of hydrogen-bond acceptors (Lipinski definition) is 5. The fraction of sp³-hybridized carbons (Fsp3) is 0.364. The van der Waals surface area contributed by atoms with Gasteiger partial charge in [0.1, 0.15) is 0 Å². The van der Waals surface area contributed by atoms with Crippen molar-refractivity contribution in [2.45, 2.75) is 23.3 Å². The molecule has 4 rings (SSSR count). The fourth-order valence-corrected chi connectivity index (χ4v) is 6.07. The highest BCUT2D eigenvalue weighted by Gasteiger charge is 2.25. The molecule has 1 aromatic heterocycles. The van der Waals surface area contributed by atoms with Crippen LogP contribution in [-0.2, 0) is 16.6 Å². The summed E-state index contributed by atoms with van der Waals surface area (Å²) in [6.07, 6.45) is 0. The molecule has 2 heterocycles. The summed E-state index contributed by atoms with van der Waals surface area (Å²) in [6, 6.07) is 16.8. The fourth-order valence-electron chi connectivity index (χ4n) is 3.81. The molecule has 1 saturated heterocycles. The maximum Gasteiger partial charge on any atom is 0.268 e. The highest BCUT2D eigenvalue weighted by atomic mass is 32.2. The lowest BCUT2D eigenvalue weighted by Gasteiger charge is -2.32. The Morgan fingerprint density at radius 3 is 2.38 bits per heavy atom. The van der Waals surface area contributed by atoms with Crippen LogP contribution in [0, 0.1) is 0 Å². The van der Waals surface area contributed by atoms with E-state index in [1.807, 2.05) is 24.3 Å². The van der Waals surface area contributed by atoms with Gasteiger partial charge in [-0.15, -0.1) is 11.8 Å². The first-order chi connectivity index (χ1) is 14.0. The van der Waals surface area contributed by atoms with Crippen molar-refractivity contribution >= 4 is 32.7 Å². The Labute approximate surface area is 177 Å². The third-order valence-electron chi connectivity index (χ3n) is 5.37. The molecule has 2 aromatic carbocycles. The molecule has 29 heavy (non-hydrogen) atoms. The quantitative estimate of drug-likeness (QED) is 0.559. The highest BCUT2D eigenvalue weighted by Crippen LogP contribution is 2.30. The average Bonchev–Trinajstić information content (AvgIpc) is 3.08. The van der Waals surface area contributed by atoms with E-state index in [0.717, 1.165) is 48.5 Å². The maximum atomic E-state index is 13.6. The lowest BCUT2D eigenvalue weighted by Crippen LogP contribution is -2.44. The summed E-state index contributed by atoms with van der Waals surface area (Å²) in [5.41, 5.74) is 1.57. The summed E-state index contributed by atoms with van der Waals surface area (Å²) in [4.78, 5) is 6.14. The summed E-state index contributed by atoms with van der Waals surface area (Å²) >= 11 is 1.77. The summed E-state index contributed by atoms with van der Waals surface area (Å²) in [5, 5.41) is 0.979. The molecule has 0 aliphatic carbocycles. The van der Waals surface area contributed by atoms with Crippen LogP contribution in [0.25, 0.3) is 10.9 Å². The molecule has 1 aliphatic heterocycles. The van der Waals surface area contributed by atoms with Gasteiger partial charge in [-0.3, -0.25) is 4.90 Å². The lowest BCUT2D eigenvalue weighted by molar-refractivity contribution is 0.147. The van der Waals surface area contributed by atoms with E-state index in [1.54, 1.807) is 40.0 Å². The summed E-state index contributed by atoms with van der Waals surface area (Å²) in [7, 11) is -1.54. The smallest absolute Gasteiger partial charge is 0.268 e. The van der Waals surface area contributed by atoms with Crippen LogP contribution >= 0.6 is 11.8 Å². The lowest BCUT2D eigenvalue weighted by atomic mass is 10.2. The molecule has 3 aromatic rings. The number of likely N-dealkylation sites (N-methyl/N-ethyl adjacent to an activating group) is 1. The van der Waals surface area contributed by atoms with Crippen LogP contribution in [0.4, 0.5) is 0 Å². The molecule has 0 atom stereocenters.